The molecule has 0 radical (unpaired) electrons. The summed E-state index contributed by atoms with van der Waals surface area (Å²) in [4.78, 5) is 2.39. The quantitative estimate of drug-likeness (QED) is 0.750. The van der Waals surface area contributed by atoms with E-state index in [9.17, 15) is 0 Å². The zero-order valence-electron chi connectivity index (χ0n) is 13.1. The fraction of sp³-hybridized carbons (Fsp3) is 0.647. The molecule has 1 fully saturated rings. The second-order valence-electron chi connectivity index (χ2n) is 6.01. The van der Waals surface area contributed by atoms with E-state index in [1.807, 2.05) is 6.07 Å². The van der Waals surface area contributed by atoms with Gasteiger partial charge in [-0.1, -0.05) is 26.0 Å². The molecular formula is C17H28N2O. The van der Waals surface area contributed by atoms with Gasteiger partial charge in [-0.2, -0.15) is 0 Å². The summed E-state index contributed by atoms with van der Waals surface area (Å²) >= 11 is 0. The highest BCUT2D eigenvalue weighted by molar-refractivity contribution is 5.28. The van der Waals surface area contributed by atoms with Crippen LogP contribution in [0.3, 0.4) is 0 Å². The summed E-state index contributed by atoms with van der Waals surface area (Å²) in [6.07, 6.45) is 1.40. The third-order valence-corrected chi connectivity index (χ3v) is 4.04. The van der Waals surface area contributed by atoms with Crippen molar-refractivity contribution >= 4 is 0 Å². The van der Waals surface area contributed by atoms with Crippen LogP contribution in [0, 0.1) is 11.8 Å². The van der Waals surface area contributed by atoms with E-state index in [0.717, 1.165) is 43.8 Å². The largest absolute Gasteiger partial charge is 0.492 e. The summed E-state index contributed by atoms with van der Waals surface area (Å²) in [5.74, 6) is 2.83. The zero-order chi connectivity index (χ0) is 14.4. The highest BCUT2D eigenvalue weighted by Crippen LogP contribution is 2.37. The predicted molar refractivity (Wildman–Crippen MR) is 84.1 cm³/mol. The van der Waals surface area contributed by atoms with Crippen LogP contribution in [0.5, 0.6) is 5.75 Å². The highest BCUT2D eigenvalue weighted by atomic mass is 16.5. The summed E-state index contributed by atoms with van der Waals surface area (Å²) < 4.78 is 5.86. The molecule has 0 amide bonds. The lowest BCUT2D eigenvalue weighted by molar-refractivity contribution is 0.230. The molecule has 20 heavy (non-hydrogen) atoms. The van der Waals surface area contributed by atoms with Gasteiger partial charge in [0.25, 0.3) is 0 Å². The van der Waals surface area contributed by atoms with Crippen molar-refractivity contribution in [2.75, 3.05) is 33.3 Å². The Labute approximate surface area is 123 Å². The number of ether oxygens (including phenoxy) is 1. The van der Waals surface area contributed by atoms with Gasteiger partial charge in [0.05, 0.1) is 0 Å². The monoisotopic (exact) mass is 276 g/mol. The van der Waals surface area contributed by atoms with Gasteiger partial charge in [-0.3, -0.25) is 0 Å². The Morgan fingerprint density at radius 1 is 1.40 bits per heavy atom. The van der Waals surface area contributed by atoms with Crippen molar-refractivity contribution in [1.82, 2.24) is 10.2 Å². The number of benzene rings is 1. The van der Waals surface area contributed by atoms with E-state index in [-0.39, 0.29) is 0 Å². The van der Waals surface area contributed by atoms with Gasteiger partial charge in [0.2, 0.25) is 0 Å². The van der Waals surface area contributed by atoms with E-state index in [1.165, 1.54) is 18.5 Å². The molecule has 3 heteroatoms. The first-order valence-corrected chi connectivity index (χ1v) is 7.80. The Bertz CT molecular complexity index is 408. The molecule has 1 aliphatic carbocycles. The highest BCUT2D eigenvalue weighted by Gasteiger charge is 2.32. The van der Waals surface area contributed by atoms with Crippen molar-refractivity contribution in [3.8, 4) is 5.75 Å². The molecule has 112 valence electrons. The number of hydrogen-bond donors (Lipinski definition) is 1. The molecule has 2 unspecified atom stereocenters. The summed E-state index contributed by atoms with van der Waals surface area (Å²) in [7, 11) is 2.19. The molecule has 0 spiro atoms. The van der Waals surface area contributed by atoms with Crippen LogP contribution in [0.15, 0.2) is 24.3 Å². The Kier molecular flexibility index (Phi) is 5.86. The minimum atomic E-state index is 0.766. The molecule has 0 aromatic heterocycles. The summed E-state index contributed by atoms with van der Waals surface area (Å²) in [5, 5.41) is 3.33. The van der Waals surface area contributed by atoms with Gasteiger partial charge in [-0.15, -0.1) is 0 Å². The second kappa shape index (κ2) is 7.65. The average Bonchev–Trinajstić information content (AvgIpc) is 3.12. The lowest BCUT2D eigenvalue weighted by Crippen LogP contribution is -2.26. The van der Waals surface area contributed by atoms with Crippen LogP contribution >= 0.6 is 0 Å². The predicted octanol–water partition coefficient (Wildman–Crippen LogP) is 2.76. The third-order valence-electron chi connectivity index (χ3n) is 4.04. The van der Waals surface area contributed by atoms with E-state index >= 15 is 0 Å². The Morgan fingerprint density at radius 2 is 2.20 bits per heavy atom. The fourth-order valence-corrected chi connectivity index (χ4v) is 2.48. The average molecular weight is 276 g/mol. The van der Waals surface area contributed by atoms with Crippen LogP contribution in [0.2, 0.25) is 0 Å². The van der Waals surface area contributed by atoms with Crippen LogP contribution in [0.1, 0.15) is 25.8 Å². The van der Waals surface area contributed by atoms with Crippen molar-refractivity contribution in [2.45, 2.75) is 26.8 Å². The fourth-order valence-electron chi connectivity index (χ4n) is 2.48. The van der Waals surface area contributed by atoms with Crippen molar-refractivity contribution in [3.05, 3.63) is 29.8 Å². The lowest BCUT2D eigenvalue weighted by Gasteiger charge is -2.17. The van der Waals surface area contributed by atoms with Gasteiger partial charge in [0.1, 0.15) is 12.4 Å². The van der Waals surface area contributed by atoms with E-state index < -0.39 is 0 Å². The van der Waals surface area contributed by atoms with Crippen molar-refractivity contribution < 1.29 is 4.74 Å². The number of hydrogen-bond acceptors (Lipinski definition) is 3. The molecule has 0 bridgehead atoms. The molecule has 2 rings (SSSR count). The zero-order valence-corrected chi connectivity index (χ0v) is 13.1. The number of nitrogens with zero attached hydrogens (tertiary/aromatic N) is 1. The topological polar surface area (TPSA) is 24.5 Å². The van der Waals surface area contributed by atoms with Gasteiger partial charge in [0, 0.05) is 19.6 Å². The third kappa shape index (κ3) is 5.14. The first kappa shape index (κ1) is 15.3. The summed E-state index contributed by atoms with van der Waals surface area (Å²) in [6, 6.07) is 8.37. The van der Waals surface area contributed by atoms with Gasteiger partial charge in [-0.05, 0) is 49.5 Å². The number of rotatable bonds is 9. The molecule has 2 atom stereocenters. The molecule has 1 aromatic carbocycles. The van der Waals surface area contributed by atoms with E-state index in [0.29, 0.717) is 0 Å². The van der Waals surface area contributed by atoms with Gasteiger partial charge in [0.15, 0.2) is 0 Å². The Morgan fingerprint density at radius 3 is 2.90 bits per heavy atom. The first-order valence-electron chi connectivity index (χ1n) is 7.80. The van der Waals surface area contributed by atoms with Crippen LogP contribution in [0.25, 0.3) is 0 Å². The summed E-state index contributed by atoms with van der Waals surface area (Å²) in [5.41, 5.74) is 1.28. The Balaban J connectivity index is 1.67. The molecule has 0 heterocycles. The molecule has 1 aromatic rings. The van der Waals surface area contributed by atoms with Crippen molar-refractivity contribution in [1.29, 1.82) is 0 Å². The van der Waals surface area contributed by atoms with E-state index in [4.69, 9.17) is 4.74 Å². The molecule has 0 aliphatic heterocycles. The lowest BCUT2D eigenvalue weighted by atomic mass is 10.2. The normalized spacial score (nSPS) is 21.2. The maximum atomic E-state index is 5.86. The van der Waals surface area contributed by atoms with Crippen LogP contribution in [0.4, 0.5) is 0 Å². The molecule has 1 saturated carbocycles. The maximum absolute atomic E-state index is 5.86. The van der Waals surface area contributed by atoms with Crippen LogP contribution in [-0.2, 0) is 6.54 Å². The Hall–Kier alpha value is -1.06. The van der Waals surface area contributed by atoms with E-state index in [1.54, 1.807) is 0 Å². The van der Waals surface area contributed by atoms with E-state index in [2.05, 4.69) is 49.3 Å². The van der Waals surface area contributed by atoms with Gasteiger partial charge >= 0.3 is 0 Å². The molecule has 0 saturated heterocycles. The van der Waals surface area contributed by atoms with Gasteiger partial charge in [-0.25, -0.2) is 0 Å². The van der Waals surface area contributed by atoms with Crippen LogP contribution < -0.4 is 10.1 Å². The molecule has 3 nitrogen and oxygen atoms in total. The SMILES string of the molecule is CCNCc1cccc(OCCN(C)CC2CC2C)c1. The molecular weight excluding hydrogens is 248 g/mol. The van der Waals surface area contributed by atoms with Crippen molar-refractivity contribution in [2.24, 2.45) is 11.8 Å². The van der Waals surface area contributed by atoms with Crippen molar-refractivity contribution in [3.63, 3.8) is 0 Å². The maximum Gasteiger partial charge on any atom is 0.119 e. The summed E-state index contributed by atoms with van der Waals surface area (Å²) in [6.45, 7) is 9.35. The molecule has 1 aliphatic rings. The van der Waals surface area contributed by atoms with Gasteiger partial charge < -0.3 is 15.0 Å². The second-order valence-corrected chi connectivity index (χ2v) is 6.01. The smallest absolute Gasteiger partial charge is 0.119 e. The van der Waals surface area contributed by atoms with Crippen LogP contribution in [-0.4, -0.2) is 38.2 Å². The minimum Gasteiger partial charge on any atom is -0.492 e. The molecule has 1 N–H and O–H groups in total. The number of nitrogens with one attached hydrogen (secondary N) is 1. The standard InChI is InChI=1S/C17H28N2O/c1-4-18-12-15-6-5-7-17(11-15)20-9-8-19(3)13-16-10-14(16)2/h5-7,11,14,16,18H,4,8-10,12-13H2,1-3H3. The number of likely N-dealkylation sites (N-methyl/N-ethyl adjacent to an activating group) is 1. The minimum absolute atomic E-state index is 0.766. The first-order chi connectivity index (χ1) is 9.69.